The van der Waals surface area contributed by atoms with Gasteiger partial charge in [0.15, 0.2) is 0 Å². The van der Waals surface area contributed by atoms with Gasteiger partial charge in [-0.15, -0.1) is 6.42 Å². The lowest BCUT2D eigenvalue weighted by Crippen LogP contribution is -2.07. The number of terminal acetylenes is 1. The summed E-state index contributed by atoms with van der Waals surface area (Å²) in [5.74, 6) is 1.90. The van der Waals surface area contributed by atoms with Crippen LogP contribution in [0.4, 0.5) is 0 Å². The Morgan fingerprint density at radius 1 is 1.32 bits per heavy atom. The Labute approximate surface area is 112 Å². The SMILES string of the molecule is C#Cc1ncccc1C(=O)OCC.c1cc2cc-2c1. The fourth-order valence-corrected chi connectivity index (χ4v) is 1.57. The van der Waals surface area contributed by atoms with E-state index in [-0.39, 0.29) is 0 Å². The molecule has 1 heterocycles. The van der Waals surface area contributed by atoms with Crippen molar-refractivity contribution in [2.45, 2.75) is 6.92 Å². The predicted molar refractivity (Wildman–Crippen MR) is 73.6 cm³/mol. The van der Waals surface area contributed by atoms with Crippen LogP contribution in [0.5, 0.6) is 0 Å². The first kappa shape index (κ1) is 12.8. The number of fused-ring (bicyclic) bond motifs is 1. The number of esters is 1. The Bertz CT molecular complexity index is 624. The molecule has 0 amide bonds. The quantitative estimate of drug-likeness (QED) is 0.519. The molecule has 0 aromatic carbocycles. The third-order valence-corrected chi connectivity index (χ3v) is 2.55. The third kappa shape index (κ3) is 3.20. The average molecular weight is 251 g/mol. The van der Waals surface area contributed by atoms with Crippen molar-refractivity contribution in [2.75, 3.05) is 6.61 Å². The van der Waals surface area contributed by atoms with Crippen LogP contribution >= 0.6 is 0 Å². The highest BCUT2D eigenvalue weighted by molar-refractivity contribution is 5.91. The summed E-state index contributed by atoms with van der Waals surface area (Å²) in [4.78, 5) is 15.1. The van der Waals surface area contributed by atoms with E-state index in [1.54, 1.807) is 19.1 Å². The lowest BCUT2D eigenvalue weighted by atomic mass is 10.2. The van der Waals surface area contributed by atoms with Gasteiger partial charge in [0, 0.05) is 6.20 Å². The average Bonchev–Trinajstić information content (AvgIpc) is 3.06. The highest BCUT2D eigenvalue weighted by atomic mass is 16.5. The number of benzene rings is 1. The Morgan fingerprint density at radius 2 is 2.05 bits per heavy atom. The second-order valence-electron chi connectivity index (χ2n) is 3.85. The smallest absolute Gasteiger partial charge is 0.341 e. The number of pyridine rings is 1. The van der Waals surface area contributed by atoms with Gasteiger partial charge in [0.05, 0.1) is 12.2 Å². The minimum absolute atomic E-state index is 0.320. The van der Waals surface area contributed by atoms with E-state index >= 15 is 0 Å². The molecule has 3 nitrogen and oxygen atoms in total. The van der Waals surface area contributed by atoms with Crippen molar-refractivity contribution in [3.8, 4) is 23.5 Å². The maximum atomic E-state index is 11.3. The van der Waals surface area contributed by atoms with Crippen LogP contribution in [0.2, 0.25) is 0 Å². The van der Waals surface area contributed by atoms with Crippen molar-refractivity contribution in [2.24, 2.45) is 0 Å². The second kappa shape index (κ2) is 5.83. The van der Waals surface area contributed by atoms with Gasteiger partial charge in [0.2, 0.25) is 0 Å². The van der Waals surface area contributed by atoms with E-state index in [0.717, 1.165) is 0 Å². The minimum atomic E-state index is -0.427. The molecule has 0 unspecified atom stereocenters. The Hall–Kier alpha value is -2.60. The predicted octanol–water partition coefficient (Wildman–Crippen LogP) is 2.91. The number of aromatic nitrogens is 1. The van der Waals surface area contributed by atoms with Crippen LogP contribution in [-0.2, 0) is 4.74 Å². The second-order valence-corrected chi connectivity index (χ2v) is 3.85. The summed E-state index contributed by atoms with van der Waals surface area (Å²) in [6, 6.07) is 11.7. The summed E-state index contributed by atoms with van der Waals surface area (Å²) in [6.07, 6.45) is 6.70. The molecule has 0 bridgehead atoms. The van der Waals surface area contributed by atoms with Crippen LogP contribution in [0.15, 0.2) is 42.6 Å². The maximum Gasteiger partial charge on any atom is 0.341 e. The highest BCUT2D eigenvalue weighted by Gasteiger charge is 2.10. The zero-order valence-electron chi connectivity index (χ0n) is 10.6. The molecule has 2 aliphatic rings. The van der Waals surface area contributed by atoms with Gasteiger partial charge in [-0.25, -0.2) is 9.78 Å². The van der Waals surface area contributed by atoms with Crippen molar-refractivity contribution in [1.82, 2.24) is 4.98 Å². The molecule has 0 radical (unpaired) electrons. The zero-order valence-corrected chi connectivity index (χ0v) is 10.6. The van der Waals surface area contributed by atoms with Crippen molar-refractivity contribution < 1.29 is 9.53 Å². The lowest BCUT2D eigenvalue weighted by Gasteiger charge is -2.02. The standard InChI is InChI=1S/C10H9NO2.C6H4/c1-3-9-8(6-5-7-11-9)10(12)13-4-2;1-2-5-4-6(5)3-1/h1,5-7H,4H2,2H3;1-4H. The molecule has 0 saturated heterocycles. The van der Waals surface area contributed by atoms with Crippen LogP contribution in [-0.4, -0.2) is 17.6 Å². The number of carbonyl (C=O) groups excluding carboxylic acids is 1. The summed E-state index contributed by atoms with van der Waals surface area (Å²) in [5.41, 5.74) is 3.51. The number of ether oxygens (including phenoxy) is 1. The van der Waals surface area contributed by atoms with Crippen LogP contribution in [0.3, 0.4) is 0 Å². The van der Waals surface area contributed by atoms with Crippen molar-refractivity contribution >= 4 is 5.97 Å². The third-order valence-electron chi connectivity index (χ3n) is 2.55. The fraction of sp³-hybridized carbons (Fsp3) is 0.125. The van der Waals surface area contributed by atoms with Gasteiger partial charge < -0.3 is 4.74 Å². The summed E-state index contributed by atoms with van der Waals surface area (Å²) in [7, 11) is 0. The molecular weight excluding hydrogens is 238 g/mol. The number of hydrogen-bond donors (Lipinski definition) is 0. The first-order valence-electron chi connectivity index (χ1n) is 5.95. The summed E-state index contributed by atoms with van der Waals surface area (Å²) in [6.45, 7) is 2.07. The topological polar surface area (TPSA) is 39.2 Å². The molecule has 0 atom stereocenters. The molecule has 0 aliphatic heterocycles. The van der Waals surface area contributed by atoms with Crippen LogP contribution in [0, 0.1) is 12.3 Å². The largest absolute Gasteiger partial charge is 0.462 e. The van der Waals surface area contributed by atoms with Gasteiger partial charge in [-0.1, -0.05) is 18.2 Å². The van der Waals surface area contributed by atoms with Crippen molar-refractivity contribution in [3.05, 3.63) is 53.9 Å². The van der Waals surface area contributed by atoms with Crippen LogP contribution < -0.4 is 0 Å². The summed E-state index contributed by atoms with van der Waals surface area (Å²) < 4.78 is 4.80. The van der Waals surface area contributed by atoms with Gasteiger partial charge in [-0.2, -0.15) is 0 Å². The van der Waals surface area contributed by atoms with Crippen LogP contribution in [0.1, 0.15) is 23.0 Å². The minimum Gasteiger partial charge on any atom is -0.462 e. The first-order valence-corrected chi connectivity index (χ1v) is 5.95. The summed E-state index contributed by atoms with van der Waals surface area (Å²) >= 11 is 0. The Kier molecular flexibility index (Phi) is 3.94. The molecule has 3 heteroatoms. The molecule has 0 N–H and O–H groups in total. The molecule has 0 saturated carbocycles. The molecule has 3 rings (SSSR count). The Morgan fingerprint density at radius 3 is 2.53 bits per heavy atom. The highest BCUT2D eigenvalue weighted by Crippen LogP contribution is 2.32. The lowest BCUT2D eigenvalue weighted by molar-refractivity contribution is 0.0525. The van der Waals surface area contributed by atoms with E-state index in [1.807, 2.05) is 0 Å². The van der Waals surface area contributed by atoms with Crippen LogP contribution in [0.25, 0.3) is 11.1 Å². The number of carbonyl (C=O) groups is 1. The molecule has 1 aromatic rings. The van der Waals surface area contributed by atoms with E-state index in [0.29, 0.717) is 17.9 Å². The molecule has 0 spiro atoms. The van der Waals surface area contributed by atoms with Crippen molar-refractivity contribution in [3.63, 3.8) is 0 Å². The molecule has 19 heavy (non-hydrogen) atoms. The number of rotatable bonds is 2. The molecular formula is C16H13NO2. The zero-order chi connectivity index (χ0) is 13.7. The van der Waals surface area contributed by atoms with E-state index < -0.39 is 5.97 Å². The van der Waals surface area contributed by atoms with Gasteiger partial charge in [0.1, 0.15) is 5.69 Å². The summed E-state index contributed by atoms with van der Waals surface area (Å²) in [5, 5.41) is 0. The molecule has 94 valence electrons. The molecule has 1 aromatic heterocycles. The van der Waals surface area contributed by atoms with Gasteiger partial charge in [-0.05, 0) is 42.2 Å². The van der Waals surface area contributed by atoms with E-state index in [1.165, 1.54) is 17.3 Å². The molecule has 2 aliphatic carbocycles. The maximum absolute atomic E-state index is 11.3. The molecule has 0 fully saturated rings. The first-order chi connectivity index (χ1) is 9.26. The monoisotopic (exact) mass is 251 g/mol. The van der Waals surface area contributed by atoms with E-state index in [9.17, 15) is 4.79 Å². The van der Waals surface area contributed by atoms with Gasteiger partial charge in [-0.3, -0.25) is 0 Å². The van der Waals surface area contributed by atoms with E-state index in [4.69, 9.17) is 11.2 Å². The Balaban J connectivity index is 0.000000180. The van der Waals surface area contributed by atoms with Gasteiger partial charge in [0.25, 0.3) is 0 Å². The van der Waals surface area contributed by atoms with E-state index in [2.05, 4.69) is 35.2 Å². The fourth-order valence-electron chi connectivity index (χ4n) is 1.57. The van der Waals surface area contributed by atoms with Gasteiger partial charge >= 0.3 is 5.97 Å². The van der Waals surface area contributed by atoms with Crippen molar-refractivity contribution in [1.29, 1.82) is 0 Å². The normalized spacial score (nSPS) is 9.68. The number of hydrogen-bond acceptors (Lipinski definition) is 3. The number of nitrogens with zero attached hydrogens (tertiary/aromatic N) is 1.